The van der Waals surface area contributed by atoms with Gasteiger partial charge in [0, 0.05) is 6.04 Å². The van der Waals surface area contributed by atoms with E-state index in [1.54, 1.807) is 0 Å². The zero-order valence-electron chi connectivity index (χ0n) is 8.60. The number of rotatable bonds is 6. The van der Waals surface area contributed by atoms with Crippen LogP contribution in [0.15, 0.2) is 0 Å². The van der Waals surface area contributed by atoms with E-state index >= 15 is 0 Å². The van der Waals surface area contributed by atoms with E-state index < -0.39 is 0 Å². The molecule has 0 heterocycles. The molecule has 0 amide bonds. The maximum absolute atomic E-state index is 3.46. The summed E-state index contributed by atoms with van der Waals surface area (Å²) in [6.45, 7) is 5.64. The molecule has 12 heavy (non-hydrogen) atoms. The smallest absolute Gasteiger partial charge is 0.00103 e. The standard InChI is InChI=1S/C11H23N/c1-10(2)12-9-4-3-6-11-7-5-8-11/h10-12H,3-9H2,1-2H3. The second-order valence-corrected chi connectivity index (χ2v) is 4.40. The van der Waals surface area contributed by atoms with Crippen molar-refractivity contribution < 1.29 is 0 Å². The number of nitrogens with one attached hydrogen (secondary N) is 1. The van der Waals surface area contributed by atoms with Crippen molar-refractivity contribution in [2.45, 2.75) is 58.4 Å². The SMILES string of the molecule is CC(C)NCCCCC1CCC1. The van der Waals surface area contributed by atoms with Crippen molar-refractivity contribution in [1.82, 2.24) is 5.32 Å². The molecule has 72 valence electrons. The minimum absolute atomic E-state index is 0.661. The molecule has 1 fully saturated rings. The van der Waals surface area contributed by atoms with Gasteiger partial charge in [-0.1, -0.05) is 46.0 Å². The van der Waals surface area contributed by atoms with Gasteiger partial charge in [-0.05, 0) is 18.9 Å². The van der Waals surface area contributed by atoms with E-state index in [9.17, 15) is 0 Å². The van der Waals surface area contributed by atoms with E-state index in [1.165, 1.54) is 45.1 Å². The monoisotopic (exact) mass is 169 g/mol. The Balaban J connectivity index is 1.76. The van der Waals surface area contributed by atoms with Crippen LogP contribution in [-0.4, -0.2) is 12.6 Å². The van der Waals surface area contributed by atoms with Gasteiger partial charge in [-0.15, -0.1) is 0 Å². The molecular weight excluding hydrogens is 146 g/mol. The van der Waals surface area contributed by atoms with Crippen LogP contribution in [-0.2, 0) is 0 Å². The number of hydrogen-bond donors (Lipinski definition) is 1. The van der Waals surface area contributed by atoms with Crippen LogP contribution in [0, 0.1) is 5.92 Å². The molecule has 1 aliphatic carbocycles. The number of unbranched alkanes of at least 4 members (excludes halogenated alkanes) is 1. The Morgan fingerprint density at radius 3 is 2.50 bits per heavy atom. The summed E-state index contributed by atoms with van der Waals surface area (Å²) >= 11 is 0. The van der Waals surface area contributed by atoms with Gasteiger partial charge in [0.25, 0.3) is 0 Å². The predicted molar refractivity (Wildman–Crippen MR) is 54.3 cm³/mol. The van der Waals surface area contributed by atoms with Gasteiger partial charge in [-0.3, -0.25) is 0 Å². The van der Waals surface area contributed by atoms with Crippen molar-refractivity contribution >= 4 is 0 Å². The van der Waals surface area contributed by atoms with Gasteiger partial charge in [0.05, 0.1) is 0 Å². The van der Waals surface area contributed by atoms with Crippen LogP contribution in [0.4, 0.5) is 0 Å². The van der Waals surface area contributed by atoms with Gasteiger partial charge in [0.15, 0.2) is 0 Å². The first-order valence-corrected chi connectivity index (χ1v) is 5.52. The quantitative estimate of drug-likeness (QED) is 0.603. The van der Waals surface area contributed by atoms with Gasteiger partial charge >= 0.3 is 0 Å². The van der Waals surface area contributed by atoms with Crippen molar-refractivity contribution in [2.24, 2.45) is 5.92 Å². The number of hydrogen-bond acceptors (Lipinski definition) is 1. The molecule has 0 bridgehead atoms. The summed E-state index contributed by atoms with van der Waals surface area (Å²) in [4.78, 5) is 0. The lowest BCUT2D eigenvalue weighted by Crippen LogP contribution is -2.23. The Morgan fingerprint density at radius 2 is 2.00 bits per heavy atom. The highest BCUT2D eigenvalue weighted by Gasteiger charge is 2.15. The summed E-state index contributed by atoms with van der Waals surface area (Å²) in [7, 11) is 0. The second kappa shape index (κ2) is 5.58. The van der Waals surface area contributed by atoms with Crippen LogP contribution in [0.5, 0.6) is 0 Å². The van der Waals surface area contributed by atoms with Crippen LogP contribution in [0.25, 0.3) is 0 Å². The summed E-state index contributed by atoms with van der Waals surface area (Å²) < 4.78 is 0. The lowest BCUT2D eigenvalue weighted by Gasteiger charge is -2.25. The van der Waals surface area contributed by atoms with Crippen molar-refractivity contribution in [3.8, 4) is 0 Å². The Labute approximate surface area is 76.9 Å². The highest BCUT2D eigenvalue weighted by atomic mass is 14.9. The highest BCUT2D eigenvalue weighted by Crippen LogP contribution is 2.30. The Kier molecular flexibility index (Phi) is 4.67. The molecule has 0 spiro atoms. The van der Waals surface area contributed by atoms with Crippen LogP contribution < -0.4 is 5.32 Å². The average Bonchev–Trinajstić information content (AvgIpc) is 1.92. The minimum Gasteiger partial charge on any atom is -0.315 e. The molecule has 0 aromatic carbocycles. The zero-order valence-corrected chi connectivity index (χ0v) is 8.60. The maximum Gasteiger partial charge on any atom is 0.00103 e. The third-order valence-corrected chi connectivity index (χ3v) is 2.82. The van der Waals surface area contributed by atoms with Crippen molar-refractivity contribution in [1.29, 1.82) is 0 Å². The lowest BCUT2D eigenvalue weighted by molar-refractivity contribution is 0.286. The van der Waals surface area contributed by atoms with Crippen molar-refractivity contribution in [2.75, 3.05) is 6.54 Å². The molecule has 0 unspecified atom stereocenters. The third-order valence-electron chi connectivity index (χ3n) is 2.82. The highest BCUT2D eigenvalue weighted by molar-refractivity contribution is 4.69. The molecule has 0 aliphatic heterocycles. The average molecular weight is 169 g/mol. The molecule has 0 saturated heterocycles. The Hall–Kier alpha value is -0.0400. The van der Waals surface area contributed by atoms with Crippen LogP contribution in [0.2, 0.25) is 0 Å². The molecule has 0 aromatic heterocycles. The minimum atomic E-state index is 0.661. The molecule has 1 rings (SSSR count). The summed E-state index contributed by atoms with van der Waals surface area (Å²) in [5.41, 5.74) is 0. The fourth-order valence-corrected chi connectivity index (χ4v) is 1.73. The van der Waals surface area contributed by atoms with E-state index in [0.717, 1.165) is 5.92 Å². The van der Waals surface area contributed by atoms with E-state index in [0.29, 0.717) is 6.04 Å². The maximum atomic E-state index is 3.46. The fraction of sp³-hybridized carbons (Fsp3) is 1.00. The first-order chi connectivity index (χ1) is 5.79. The normalized spacial score (nSPS) is 18.2. The molecule has 0 atom stereocenters. The molecule has 1 heteroatoms. The van der Waals surface area contributed by atoms with E-state index in [-0.39, 0.29) is 0 Å². The van der Waals surface area contributed by atoms with Gasteiger partial charge in [0.2, 0.25) is 0 Å². The molecular formula is C11H23N. The molecule has 1 aliphatic rings. The summed E-state index contributed by atoms with van der Waals surface area (Å²) in [5, 5.41) is 3.46. The van der Waals surface area contributed by atoms with Crippen molar-refractivity contribution in [3.05, 3.63) is 0 Å². The van der Waals surface area contributed by atoms with E-state index in [4.69, 9.17) is 0 Å². The topological polar surface area (TPSA) is 12.0 Å². The first kappa shape index (κ1) is 10.0. The zero-order chi connectivity index (χ0) is 8.81. The molecule has 1 N–H and O–H groups in total. The fourth-order valence-electron chi connectivity index (χ4n) is 1.73. The van der Waals surface area contributed by atoms with Crippen molar-refractivity contribution in [3.63, 3.8) is 0 Å². The first-order valence-electron chi connectivity index (χ1n) is 5.52. The Morgan fingerprint density at radius 1 is 1.25 bits per heavy atom. The predicted octanol–water partition coefficient (Wildman–Crippen LogP) is 2.95. The summed E-state index contributed by atoms with van der Waals surface area (Å²) in [5.74, 6) is 1.10. The summed E-state index contributed by atoms with van der Waals surface area (Å²) in [6.07, 6.45) is 8.81. The summed E-state index contributed by atoms with van der Waals surface area (Å²) in [6, 6.07) is 0.661. The van der Waals surface area contributed by atoms with Gasteiger partial charge in [0.1, 0.15) is 0 Å². The molecule has 0 aromatic rings. The van der Waals surface area contributed by atoms with Gasteiger partial charge < -0.3 is 5.32 Å². The van der Waals surface area contributed by atoms with Gasteiger partial charge in [-0.2, -0.15) is 0 Å². The second-order valence-electron chi connectivity index (χ2n) is 4.40. The van der Waals surface area contributed by atoms with Gasteiger partial charge in [-0.25, -0.2) is 0 Å². The van der Waals surface area contributed by atoms with Crippen LogP contribution >= 0.6 is 0 Å². The Bertz CT molecular complexity index is 106. The molecule has 1 nitrogen and oxygen atoms in total. The largest absolute Gasteiger partial charge is 0.315 e. The van der Waals surface area contributed by atoms with E-state index in [2.05, 4.69) is 19.2 Å². The third kappa shape index (κ3) is 4.10. The van der Waals surface area contributed by atoms with Crippen LogP contribution in [0.1, 0.15) is 52.4 Å². The lowest BCUT2D eigenvalue weighted by atomic mass is 9.82. The molecule has 1 saturated carbocycles. The van der Waals surface area contributed by atoms with E-state index in [1.807, 2.05) is 0 Å². The molecule has 0 radical (unpaired) electrons. The van der Waals surface area contributed by atoms with Crippen LogP contribution in [0.3, 0.4) is 0 Å².